The Morgan fingerprint density at radius 1 is 1.40 bits per heavy atom. The van der Waals surface area contributed by atoms with Gasteiger partial charge >= 0.3 is 0 Å². The van der Waals surface area contributed by atoms with Crippen LogP contribution < -0.4 is 11.3 Å². The summed E-state index contributed by atoms with van der Waals surface area (Å²) in [4.78, 5) is 11.5. The standard InChI is InChI=1S/C15H16N4O/c1-11(15(20)18-17)13-6-4-12(5-7-13)10-19-8-2-3-14(19)9-16/h2-8,11H,10,17H2,1H3,(H,18,20). The SMILES string of the molecule is CC(C(=O)NN)c1ccc(Cn2cccc2C#N)cc1. The second-order valence-electron chi connectivity index (χ2n) is 4.60. The van der Waals surface area contributed by atoms with Crippen molar-refractivity contribution in [3.8, 4) is 6.07 Å². The molecular weight excluding hydrogens is 252 g/mol. The Morgan fingerprint density at radius 2 is 2.10 bits per heavy atom. The van der Waals surface area contributed by atoms with Crippen LogP contribution in [-0.2, 0) is 11.3 Å². The molecule has 1 aromatic heterocycles. The summed E-state index contributed by atoms with van der Waals surface area (Å²) in [5, 5.41) is 8.96. The smallest absolute Gasteiger partial charge is 0.241 e. The van der Waals surface area contributed by atoms with E-state index in [2.05, 4.69) is 11.5 Å². The van der Waals surface area contributed by atoms with Crippen molar-refractivity contribution >= 4 is 5.91 Å². The summed E-state index contributed by atoms with van der Waals surface area (Å²) in [5.41, 5.74) is 4.76. The van der Waals surface area contributed by atoms with Crippen LogP contribution in [0.3, 0.4) is 0 Å². The second-order valence-corrected chi connectivity index (χ2v) is 4.60. The monoisotopic (exact) mass is 268 g/mol. The molecule has 0 aliphatic carbocycles. The van der Waals surface area contributed by atoms with Gasteiger partial charge in [0, 0.05) is 12.7 Å². The third kappa shape index (κ3) is 2.87. The molecule has 1 amide bonds. The van der Waals surface area contributed by atoms with E-state index in [1.54, 1.807) is 13.0 Å². The van der Waals surface area contributed by atoms with Crippen LogP contribution in [0.4, 0.5) is 0 Å². The van der Waals surface area contributed by atoms with Gasteiger partial charge in [0.25, 0.3) is 0 Å². The van der Waals surface area contributed by atoms with E-state index in [-0.39, 0.29) is 11.8 Å². The molecule has 0 saturated heterocycles. The minimum Gasteiger partial charge on any atom is -0.335 e. The number of nitrogens with zero attached hydrogens (tertiary/aromatic N) is 2. The third-order valence-electron chi connectivity index (χ3n) is 3.31. The van der Waals surface area contributed by atoms with Crippen molar-refractivity contribution in [3.63, 3.8) is 0 Å². The summed E-state index contributed by atoms with van der Waals surface area (Å²) < 4.78 is 1.88. The lowest BCUT2D eigenvalue weighted by Crippen LogP contribution is -2.33. The Morgan fingerprint density at radius 3 is 2.70 bits per heavy atom. The number of carbonyl (C=O) groups excluding carboxylic acids is 1. The molecule has 0 fully saturated rings. The predicted molar refractivity (Wildman–Crippen MR) is 75.4 cm³/mol. The highest BCUT2D eigenvalue weighted by atomic mass is 16.2. The molecule has 0 radical (unpaired) electrons. The van der Waals surface area contributed by atoms with Gasteiger partial charge in [-0.1, -0.05) is 24.3 Å². The lowest BCUT2D eigenvalue weighted by molar-refractivity contribution is -0.122. The normalized spacial score (nSPS) is 11.7. The van der Waals surface area contributed by atoms with Crippen LogP contribution >= 0.6 is 0 Å². The fraction of sp³-hybridized carbons (Fsp3) is 0.200. The lowest BCUT2D eigenvalue weighted by atomic mass is 9.99. The molecule has 20 heavy (non-hydrogen) atoms. The molecule has 1 aromatic carbocycles. The maximum absolute atomic E-state index is 11.5. The summed E-state index contributed by atoms with van der Waals surface area (Å²) in [6.45, 7) is 2.44. The number of nitrogens with one attached hydrogen (secondary N) is 1. The molecule has 0 saturated carbocycles. The van der Waals surface area contributed by atoms with E-state index in [9.17, 15) is 4.79 Å². The number of nitrogens with two attached hydrogens (primary N) is 1. The van der Waals surface area contributed by atoms with Crippen LogP contribution in [0.2, 0.25) is 0 Å². The average Bonchev–Trinajstić information content (AvgIpc) is 2.93. The minimum atomic E-state index is -0.282. The van der Waals surface area contributed by atoms with E-state index in [1.165, 1.54) is 0 Å². The van der Waals surface area contributed by atoms with Gasteiger partial charge in [-0.05, 0) is 30.2 Å². The number of aromatic nitrogens is 1. The van der Waals surface area contributed by atoms with Gasteiger partial charge in [0.15, 0.2) is 0 Å². The van der Waals surface area contributed by atoms with Crippen LogP contribution in [-0.4, -0.2) is 10.5 Å². The number of rotatable bonds is 4. The van der Waals surface area contributed by atoms with Crippen LogP contribution in [0.25, 0.3) is 0 Å². The van der Waals surface area contributed by atoms with Gasteiger partial charge in [-0.25, -0.2) is 5.84 Å². The van der Waals surface area contributed by atoms with Gasteiger partial charge < -0.3 is 4.57 Å². The molecule has 2 aromatic rings. The first kappa shape index (κ1) is 13.8. The zero-order valence-corrected chi connectivity index (χ0v) is 11.2. The molecule has 5 nitrogen and oxygen atoms in total. The first-order valence-electron chi connectivity index (χ1n) is 6.30. The molecule has 0 aliphatic rings. The Balaban J connectivity index is 2.13. The van der Waals surface area contributed by atoms with Gasteiger partial charge in [-0.3, -0.25) is 10.2 Å². The number of amides is 1. The fourth-order valence-electron chi connectivity index (χ4n) is 2.04. The molecule has 2 rings (SSSR count). The summed E-state index contributed by atoms with van der Waals surface area (Å²) in [7, 11) is 0. The second kappa shape index (κ2) is 6.04. The van der Waals surface area contributed by atoms with Gasteiger partial charge in [0.05, 0.1) is 5.92 Å². The zero-order chi connectivity index (χ0) is 14.5. The Hall–Kier alpha value is -2.58. The molecule has 0 aliphatic heterocycles. The van der Waals surface area contributed by atoms with Crippen molar-refractivity contribution in [3.05, 3.63) is 59.4 Å². The molecule has 1 heterocycles. The van der Waals surface area contributed by atoms with Crippen LogP contribution in [0, 0.1) is 11.3 Å². The zero-order valence-electron chi connectivity index (χ0n) is 11.2. The molecule has 3 N–H and O–H groups in total. The molecule has 1 unspecified atom stereocenters. The highest BCUT2D eigenvalue weighted by Gasteiger charge is 2.13. The number of hydrazine groups is 1. The van der Waals surface area contributed by atoms with Gasteiger partial charge in [0.1, 0.15) is 11.8 Å². The maximum Gasteiger partial charge on any atom is 0.241 e. The first-order valence-corrected chi connectivity index (χ1v) is 6.30. The van der Waals surface area contributed by atoms with E-state index in [0.29, 0.717) is 12.2 Å². The van der Waals surface area contributed by atoms with Crippen LogP contribution in [0.5, 0.6) is 0 Å². The Kier molecular flexibility index (Phi) is 4.18. The molecular formula is C15H16N4O. The van der Waals surface area contributed by atoms with E-state index in [0.717, 1.165) is 11.1 Å². The third-order valence-corrected chi connectivity index (χ3v) is 3.31. The molecule has 1 atom stereocenters. The molecule has 102 valence electrons. The van der Waals surface area contributed by atoms with Gasteiger partial charge in [-0.15, -0.1) is 0 Å². The number of hydrogen-bond acceptors (Lipinski definition) is 3. The minimum absolute atomic E-state index is 0.213. The van der Waals surface area contributed by atoms with E-state index >= 15 is 0 Å². The lowest BCUT2D eigenvalue weighted by Gasteiger charge is -2.11. The van der Waals surface area contributed by atoms with Crippen molar-refractivity contribution in [2.24, 2.45) is 5.84 Å². The fourth-order valence-corrected chi connectivity index (χ4v) is 2.04. The Bertz CT molecular complexity index is 637. The first-order chi connectivity index (χ1) is 9.65. The quantitative estimate of drug-likeness (QED) is 0.500. The van der Waals surface area contributed by atoms with Crippen molar-refractivity contribution in [1.82, 2.24) is 9.99 Å². The van der Waals surface area contributed by atoms with Gasteiger partial charge in [-0.2, -0.15) is 5.26 Å². The number of hydrogen-bond donors (Lipinski definition) is 2. The highest BCUT2D eigenvalue weighted by Crippen LogP contribution is 2.16. The van der Waals surface area contributed by atoms with Crippen molar-refractivity contribution < 1.29 is 4.79 Å². The van der Waals surface area contributed by atoms with E-state index < -0.39 is 0 Å². The van der Waals surface area contributed by atoms with Crippen LogP contribution in [0.1, 0.15) is 29.7 Å². The van der Waals surface area contributed by atoms with Crippen molar-refractivity contribution in [2.75, 3.05) is 0 Å². The number of benzene rings is 1. The topological polar surface area (TPSA) is 83.8 Å². The number of carbonyl (C=O) groups is 1. The predicted octanol–water partition coefficient (Wildman–Crippen LogP) is 1.50. The largest absolute Gasteiger partial charge is 0.335 e. The summed E-state index contributed by atoms with van der Waals surface area (Å²) >= 11 is 0. The van der Waals surface area contributed by atoms with Crippen molar-refractivity contribution in [2.45, 2.75) is 19.4 Å². The van der Waals surface area contributed by atoms with E-state index in [4.69, 9.17) is 11.1 Å². The summed E-state index contributed by atoms with van der Waals surface area (Å²) in [6, 6.07) is 13.5. The molecule has 5 heteroatoms. The van der Waals surface area contributed by atoms with Crippen LogP contribution in [0.15, 0.2) is 42.6 Å². The highest BCUT2D eigenvalue weighted by molar-refractivity contribution is 5.82. The van der Waals surface area contributed by atoms with E-state index in [1.807, 2.05) is 41.1 Å². The Labute approximate surface area is 117 Å². The molecule has 0 bridgehead atoms. The average molecular weight is 268 g/mol. The number of nitriles is 1. The van der Waals surface area contributed by atoms with Gasteiger partial charge in [0.2, 0.25) is 5.91 Å². The summed E-state index contributed by atoms with van der Waals surface area (Å²) in [6.07, 6.45) is 1.87. The molecule has 0 spiro atoms. The maximum atomic E-state index is 11.5. The summed E-state index contributed by atoms with van der Waals surface area (Å²) in [5.74, 6) is 4.63. The van der Waals surface area contributed by atoms with Crippen molar-refractivity contribution in [1.29, 1.82) is 5.26 Å².